The Kier molecular flexibility index (Phi) is 2.81. The Labute approximate surface area is 106 Å². The Bertz CT molecular complexity index is 430. The molecule has 0 spiro atoms. The van der Waals surface area contributed by atoms with Gasteiger partial charge in [0.05, 0.1) is 12.0 Å². The number of hydrogen-bond acceptors (Lipinski definition) is 4. The van der Waals surface area contributed by atoms with Gasteiger partial charge in [0.15, 0.2) is 0 Å². The van der Waals surface area contributed by atoms with Crippen LogP contribution in [0.5, 0.6) is 0 Å². The van der Waals surface area contributed by atoms with Crippen LogP contribution < -0.4 is 11.1 Å². The minimum Gasteiger partial charge on any atom is -0.346 e. The standard InChI is InChI=1S/C12H19N5O/c1-6(11-14-5-15-17-11)16-12(18)9-7-2-3-8(4-7)10(9)13/h5-10H,2-4,13H2,1H3,(H,16,18)(H,14,15,17). The van der Waals surface area contributed by atoms with Gasteiger partial charge in [-0.2, -0.15) is 5.10 Å². The monoisotopic (exact) mass is 249 g/mol. The Morgan fingerprint density at radius 3 is 2.94 bits per heavy atom. The first-order valence-electron chi connectivity index (χ1n) is 6.58. The third-order valence-electron chi connectivity index (χ3n) is 4.49. The SMILES string of the molecule is CC(NC(=O)C1C2CCC(C2)C1N)c1ncn[nH]1. The van der Waals surface area contributed by atoms with Gasteiger partial charge in [-0.3, -0.25) is 9.89 Å². The molecule has 1 aromatic heterocycles. The summed E-state index contributed by atoms with van der Waals surface area (Å²) >= 11 is 0. The average molecular weight is 249 g/mol. The topological polar surface area (TPSA) is 96.7 Å². The number of nitrogens with two attached hydrogens (primary N) is 1. The van der Waals surface area contributed by atoms with Gasteiger partial charge in [-0.25, -0.2) is 4.98 Å². The molecule has 5 unspecified atom stereocenters. The molecule has 2 fully saturated rings. The molecule has 98 valence electrons. The van der Waals surface area contributed by atoms with E-state index in [1.165, 1.54) is 12.7 Å². The first kappa shape index (κ1) is 11.6. The van der Waals surface area contributed by atoms with Gasteiger partial charge < -0.3 is 11.1 Å². The minimum atomic E-state index is -0.147. The van der Waals surface area contributed by atoms with E-state index in [9.17, 15) is 4.79 Å². The Morgan fingerprint density at radius 2 is 2.33 bits per heavy atom. The molecule has 3 rings (SSSR count). The van der Waals surface area contributed by atoms with Crippen molar-refractivity contribution in [1.82, 2.24) is 20.5 Å². The number of carbonyl (C=O) groups excluding carboxylic acids is 1. The predicted molar refractivity (Wildman–Crippen MR) is 65.2 cm³/mol. The largest absolute Gasteiger partial charge is 0.346 e. The van der Waals surface area contributed by atoms with Crippen molar-refractivity contribution in [2.75, 3.05) is 0 Å². The van der Waals surface area contributed by atoms with Gasteiger partial charge in [0.1, 0.15) is 12.2 Å². The van der Waals surface area contributed by atoms with Gasteiger partial charge in [-0.05, 0) is 38.0 Å². The molecule has 0 saturated heterocycles. The molecule has 0 aliphatic heterocycles. The Balaban J connectivity index is 1.65. The summed E-state index contributed by atoms with van der Waals surface area (Å²) in [7, 11) is 0. The van der Waals surface area contributed by atoms with Gasteiger partial charge >= 0.3 is 0 Å². The molecule has 6 heteroatoms. The number of aromatic nitrogens is 3. The maximum atomic E-state index is 12.3. The van der Waals surface area contributed by atoms with Crippen molar-refractivity contribution in [3.8, 4) is 0 Å². The van der Waals surface area contributed by atoms with E-state index < -0.39 is 0 Å². The van der Waals surface area contributed by atoms with Gasteiger partial charge in [0.25, 0.3) is 0 Å². The molecule has 1 heterocycles. The normalized spacial score (nSPS) is 35.7. The third kappa shape index (κ3) is 1.80. The summed E-state index contributed by atoms with van der Waals surface area (Å²) in [4.78, 5) is 16.3. The lowest BCUT2D eigenvalue weighted by Crippen LogP contribution is -2.45. The lowest BCUT2D eigenvalue weighted by atomic mass is 9.84. The second kappa shape index (κ2) is 4.35. The smallest absolute Gasteiger partial charge is 0.225 e. The van der Waals surface area contributed by atoms with Crippen molar-refractivity contribution in [3.63, 3.8) is 0 Å². The molecule has 5 atom stereocenters. The molecule has 18 heavy (non-hydrogen) atoms. The maximum absolute atomic E-state index is 12.3. The van der Waals surface area contributed by atoms with E-state index in [0.717, 1.165) is 12.8 Å². The molecule has 2 saturated carbocycles. The second-order valence-corrected chi connectivity index (χ2v) is 5.54. The van der Waals surface area contributed by atoms with Gasteiger partial charge in [0, 0.05) is 6.04 Å². The van der Waals surface area contributed by atoms with Crippen LogP contribution in [0.15, 0.2) is 6.33 Å². The number of fused-ring (bicyclic) bond motifs is 2. The van der Waals surface area contributed by atoms with Gasteiger partial charge in [-0.15, -0.1) is 0 Å². The number of nitrogens with one attached hydrogen (secondary N) is 2. The molecule has 0 aromatic carbocycles. The Hall–Kier alpha value is -1.43. The third-order valence-corrected chi connectivity index (χ3v) is 4.49. The number of carbonyl (C=O) groups is 1. The van der Waals surface area contributed by atoms with Crippen LogP contribution in [0.25, 0.3) is 0 Å². The van der Waals surface area contributed by atoms with Crippen molar-refractivity contribution in [3.05, 3.63) is 12.2 Å². The Morgan fingerprint density at radius 1 is 1.56 bits per heavy atom. The highest BCUT2D eigenvalue weighted by Gasteiger charge is 2.49. The molecule has 2 aliphatic carbocycles. The molecule has 1 aromatic rings. The number of H-pyrrole nitrogens is 1. The van der Waals surface area contributed by atoms with Crippen LogP contribution in [0.2, 0.25) is 0 Å². The number of aromatic amines is 1. The molecule has 0 radical (unpaired) electrons. The first-order valence-corrected chi connectivity index (χ1v) is 6.58. The summed E-state index contributed by atoms with van der Waals surface area (Å²) in [6.07, 6.45) is 4.90. The zero-order chi connectivity index (χ0) is 12.7. The zero-order valence-electron chi connectivity index (χ0n) is 10.5. The van der Waals surface area contributed by atoms with E-state index in [1.807, 2.05) is 6.92 Å². The summed E-state index contributed by atoms with van der Waals surface area (Å²) in [6.45, 7) is 1.90. The van der Waals surface area contributed by atoms with Crippen LogP contribution in [0.1, 0.15) is 38.1 Å². The van der Waals surface area contributed by atoms with Crippen molar-refractivity contribution in [2.45, 2.75) is 38.3 Å². The summed E-state index contributed by atoms with van der Waals surface area (Å²) in [5.41, 5.74) is 6.16. The number of nitrogens with zero attached hydrogens (tertiary/aromatic N) is 2. The van der Waals surface area contributed by atoms with Crippen molar-refractivity contribution in [2.24, 2.45) is 23.5 Å². The van der Waals surface area contributed by atoms with Crippen LogP contribution in [0.3, 0.4) is 0 Å². The molecule has 6 nitrogen and oxygen atoms in total. The molecule has 4 N–H and O–H groups in total. The summed E-state index contributed by atoms with van der Waals surface area (Å²) in [5, 5.41) is 9.55. The van der Waals surface area contributed by atoms with Gasteiger partial charge in [-0.1, -0.05) is 0 Å². The van der Waals surface area contributed by atoms with Crippen LogP contribution >= 0.6 is 0 Å². The first-order chi connectivity index (χ1) is 8.66. The van der Waals surface area contributed by atoms with Crippen LogP contribution in [-0.4, -0.2) is 27.1 Å². The minimum absolute atomic E-state index is 0.0193. The molecular weight excluding hydrogens is 230 g/mol. The number of hydrogen-bond donors (Lipinski definition) is 3. The van der Waals surface area contributed by atoms with E-state index in [-0.39, 0.29) is 23.9 Å². The van der Waals surface area contributed by atoms with Crippen molar-refractivity contribution >= 4 is 5.91 Å². The van der Waals surface area contributed by atoms with E-state index >= 15 is 0 Å². The van der Waals surface area contributed by atoms with E-state index in [4.69, 9.17) is 5.73 Å². The summed E-state index contributed by atoms with van der Waals surface area (Å²) in [5.74, 6) is 1.76. The highest BCUT2D eigenvalue weighted by molar-refractivity contribution is 5.80. The highest BCUT2D eigenvalue weighted by Crippen LogP contribution is 2.47. The predicted octanol–water partition coefficient (Wildman–Crippen LogP) is 0.355. The van der Waals surface area contributed by atoms with E-state index in [1.54, 1.807) is 0 Å². The summed E-state index contributed by atoms with van der Waals surface area (Å²) < 4.78 is 0. The lowest BCUT2D eigenvalue weighted by Gasteiger charge is -2.28. The van der Waals surface area contributed by atoms with Gasteiger partial charge in [0.2, 0.25) is 5.91 Å². The highest BCUT2D eigenvalue weighted by atomic mass is 16.2. The zero-order valence-corrected chi connectivity index (χ0v) is 10.5. The fourth-order valence-corrected chi connectivity index (χ4v) is 3.53. The quantitative estimate of drug-likeness (QED) is 0.720. The van der Waals surface area contributed by atoms with Crippen LogP contribution in [0, 0.1) is 17.8 Å². The average Bonchev–Trinajstić information content (AvgIpc) is 3.05. The van der Waals surface area contributed by atoms with Crippen LogP contribution in [0.4, 0.5) is 0 Å². The summed E-state index contributed by atoms with van der Waals surface area (Å²) in [6, 6.07) is -0.114. The fourth-order valence-electron chi connectivity index (χ4n) is 3.53. The second-order valence-electron chi connectivity index (χ2n) is 5.54. The molecular formula is C12H19N5O. The lowest BCUT2D eigenvalue weighted by molar-refractivity contribution is -0.127. The number of rotatable bonds is 3. The number of amides is 1. The van der Waals surface area contributed by atoms with Crippen LogP contribution in [-0.2, 0) is 4.79 Å². The fraction of sp³-hybridized carbons (Fsp3) is 0.750. The molecule has 2 aliphatic rings. The van der Waals surface area contributed by atoms with E-state index in [0.29, 0.717) is 17.7 Å². The van der Waals surface area contributed by atoms with Crippen molar-refractivity contribution < 1.29 is 4.79 Å². The molecule has 2 bridgehead atoms. The van der Waals surface area contributed by atoms with E-state index in [2.05, 4.69) is 20.5 Å². The van der Waals surface area contributed by atoms with Crippen molar-refractivity contribution in [1.29, 1.82) is 0 Å². The molecule has 1 amide bonds. The maximum Gasteiger partial charge on any atom is 0.225 e.